The molecule has 0 fully saturated rings. The van der Waals surface area contributed by atoms with E-state index in [0.717, 1.165) is 4.88 Å². The number of rotatable bonds is 4. The van der Waals surface area contributed by atoms with Crippen LogP contribution in [-0.2, 0) is 9.53 Å². The lowest BCUT2D eigenvalue weighted by Crippen LogP contribution is -2.39. The van der Waals surface area contributed by atoms with Crippen molar-refractivity contribution >= 4 is 57.9 Å². The first-order chi connectivity index (χ1) is 16.4. The van der Waals surface area contributed by atoms with Gasteiger partial charge in [0.25, 0.3) is 5.56 Å². The molecule has 5 rings (SSSR count). The zero-order valence-electron chi connectivity index (χ0n) is 17.9. The molecule has 0 saturated heterocycles. The van der Waals surface area contributed by atoms with Gasteiger partial charge in [0, 0.05) is 21.5 Å². The molecule has 3 aromatic heterocycles. The normalized spacial score (nSPS) is 15.9. The maximum atomic E-state index is 13.5. The second-order valence-corrected chi connectivity index (χ2v) is 10.2. The lowest BCUT2D eigenvalue weighted by atomic mass is 10.0. The predicted octanol–water partition coefficient (Wildman–Crippen LogP) is 5.04. The van der Waals surface area contributed by atoms with Crippen LogP contribution in [0.2, 0.25) is 10.0 Å². The van der Waals surface area contributed by atoms with E-state index in [1.807, 2.05) is 17.5 Å². The summed E-state index contributed by atoms with van der Waals surface area (Å²) in [5, 5.41) is 2.95. The number of allylic oxidation sites excluding steroid dienone is 1. The van der Waals surface area contributed by atoms with Crippen molar-refractivity contribution in [2.45, 2.75) is 13.0 Å². The largest absolute Gasteiger partial charge is 0.466 e. The molecule has 0 amide bonds. The van der Waals surface area contributed by atoms with Gasteiger partial charge in [-0.3, -0.25) is 9.36 Å². The number of hydrogen-bond acceptors (Lipinski definition) is 7. The average molecular weight is 531 g/mol. The number of ether oxygens (including phenoxy) is 1. The number of carbonyl (C=O) groups excluding carboxylic acids is 1. The first-order valence-corrected chi connectivity index (χ1v) is 12.5. The Morgan fingerprint density at radius 1 is 1.24 bits per heavy atom. The Hall–Kier alpha value is -2.91. The summed E-state index contributed by atoms with van der Waals surface area (Å²) >= 11 is 15.1. The number of thiophene rings is 1. The van der Waals surface area contributed by atoms with E-state index in [1.54, 1.807) is 47.9 Å². The number of aromatic nitrogens is 1. The molecule has 6 nitrogen and oxygen atoms in total. The third-order valence-corrected chi connectivity index (χ3v) is 7.81. The van der Waals surface area contributed by atoms with Crippen molar-refractivity contribution in [2.75, 3.05) is 7.11 Å². The maximum absolute atomic E-state index is 13.5. The van der Waals surface area contributed by atoms with Crippen LogP contribution in [0.25, 0.3) is 17.4 Å². The molecular weight excluding hydrogens is 515 g/mol. The highest BCUT2D eigenvalue weighted by Crippen LogP contribution is 2.34. The summed E-state index contributed by atoms with van der Waals surface area (Å²) in [6, 6.07) is 11.8. The summed E-state index contributed by atoms with van der Waals surface area (Å²) in [5.74, 6) is 0.503. The van der Waals surface area contributed by atoms with Crippen molar-refractivity contribution in [1.29, 1.82) is 0 Å². The van der Waals surface area contributed by atoms with E-state index in [9.17, 15) is 9.59 Å². The van der Waals surface area contributed by atoms with Gasteiger partial charge in [0.05, 0.1) is 27.9 Å². The Labute approximate surface area is 211 Å². The summed E-state index contributed by atoms with van der Waals surface area (Å²) in [7, 11) is 1.32. The van der Waals surface area contributed by atoms with Crippen LogP contribution in [0, 0.1) is 0 Å². The van der Waals surface area contributed by atoms with E-state index >= 15 is 0 Å². The number of benzene rings is 1. The second kappa shape index (κ2) is 9.03. The molecule has 0 N–H and O–H groups in total. The minimum absolute atomic E-state index is 0.269. The molecule has 1 aromatic carbocycles. The van der Waals surface area contributed by atoms with E-state index in [0.29, 0.717) is 47.7 Å². The quantitative estimate of drug-likeness (QED) is 0.346. The molecule has 172 valence electrons. The first-order valence-electron chi connectivity index (χ1n) is 10.1. The van der Waals surface area contributed by atoms with Crippen molar-refractivity contribution in [3.05, 3.63) is 99.5 Å². The molecule has 1 atom stereocenters. The Kier molecular flexibility index (Phi) is 6.07. The fourth-order valence-corrected chi connectivity index (χ4v) is 6.03. The number of carbonyl (C=O) groups is 1. The molecule has 0 spiro atoms. The molecule has 4 heterocycles. The minimum atomic E-state index is -0.608. The van der Waals surface area contributed by atoms with E-state index in [1.165, 1.54) is 29.8 Å². The molecule has 1 aliphatic heterocycles. The summed E-state index contributed by atoms with van der Waals surface area (Å²) in [5.41, 5.74) is 1.26. The molecule has 1 aliphatic rings. The van der Waals surface area contributed by atoms with Crippen molar-refractivity contribution in [2.24, 2.45) is 4.99 Å². The summed E-state index contributed by atoms with van der Waals surface area (Å²) in [4.78, 5) is 32.0. The molecule has 0 radical (unpaired) electrons. The first kappa shape index (κ1) is 22.9. The number of thiazole rings is 1. The zero-order valence-corrected chi connectivity index (χ0v) is 21.0. The lowest BCUT2D eigenvalue weighted by molar-refractivity contribution is -0.136. The van der Waals surface area contributed by atoms with Gasteiger partial charge in [0.15, 0.2) is 4.80 Å². The zero-order chi connectivity index (χ0) is 24.0. The number of halogens is 2. The Morgan fingerprint density at radius 2 is 2.06 bits per heavy atom. The van der Waals surface area contributed by atoms with Crippen molar-refractivity contribution in [1.82, 2.24) is 4.57 Å². The smallest absolute Gasteiger partial charge is 0.338 e. The molecule has 0 aliphatic carbocycles. The van der Waals surface area contributed by atoms with Gasteiger partial charge in [-0.2, -0.15) is 0 Å². The van der Waals surface area contributed by atoms with Gasteiger partial charge in [-0.05, 0) is 48.7 Å². The summed E-state index contributed by atoms with van der Waals surface area (Å²) in [6.07, 6.45) is 1.66. The van der Waals surface area contributed by atoms with Crippen LogP contribution in [0.5, 0.6) is 0 Å². The molecule has 34 heavy (non-hydrogen) atoms. The highest BCUT2D eigenvalue weighted by Gasteiger charge is 2.33. The van der Waals surface area contributed by atoms with E-state index in [4.69, 9.17) is 32.4 Å². The third-order valence-electron chi connectivity index (χ3n) is 5.33. The Morgan fingerprint density at radius 3 is 2.79 bits per heavy atom. The Balaban J connectivity index is 1.64. The molecule has 4 aromatic rings. The van der Waals surface area contributed by atoms with Crippen LogP contribution >= 0.6 is 45.9 Å². The van der Waals surface area contributed by atoms with Gasteiger partial charge >= 0.3 is 5.97 Å². The van der Waals surface area contributed by atoms with E-state index in [-0.39, 0.29) is 5.56 Å². The Bertz CT molecular complexity index is 1630. The van der Waals surface area contributed by atoms with Crippen LogP contribution in [0.15, 0.2) is 73.3 Å². The van der Waals surface area contributed by atoms with Crippen molar-refractivity contribution < 1.29 is 13.9 Å². The number of methoxy groups -OCH3 is 1. The summed E-state index contributed by atoms with van der Waals surface area (Å²) < 4.78 is 12.9. The van der Waals surface area contributed by atoms with Gasteiger partial charge in [0.1, 0.15) is 17.6 Å². The number of esters is 1. The molecule has 10 heteroatoms. The van der Waals surface area contributed by atoms with Gasteiger partial charge < -0.3 is 9.15 Å². The van der Waals surface area contributed by atoms with Crippen LogP contribution < -0.4 is 14.9 Å². The molecule has 0 bridgehead atoms. The second-order valence-electron chi connectivity index (χ2n) is 7.41. The minimum Gasteiger partial charge on any atom is -0.466 e. The highest BCUT2D eigenvalue weighted by atomic mass is 35.5. The number of hydrogen-bond donors (Lipinski definition) is 0. The lowest BCUT2D eigenvalue weighted by Gasteiger charge is -2.22. The average Bonchev–Trinajstić information content (AvgIpc) is 3.56. The fraction of sp³-hybridized carbons (Fsp3) is 0.125. The van der Waals surface area contributed by atoms with Gasteiger partial charge in [-0.25, -0.2) is 9.79 Å². The fourth-order valence-electron chi connectivity index (χ4n) is 3.80. The van der Waals surface area contributed by atoms with Crippen LogP contribution in [0.4, 0.5) is 0 Å². The van der Waals surface area contributed by atoms with Crippen LogP contribution in [0.1, 0.15) is 23.6 Å². The number of fused-ring (bicyclic) bond motifs is 1. The monoisotopic (exact) mass is 530 g/mol. The van der Waals surface area contributed by atoms with E-state index < -0.39 is 12.0 Å². The van der Waals surface area contributed by atoms with Gasteiger partial charge in [0.2, 0.25) is 0 Å². The molecular formula is C24H16Cl2N2O4S2. The standard InChI is InChI=1S/C24H16Cl2N2O4S2/c1-12-20(23(30)31-2)21(18-4-3-9-33-18)28-22(29)19(34-24(28)27-12)11-14-6-8-17(32-14)15-10-13(25)5-7-16(15)26/h3-11,21H,1-2H3/b19-11+/t21-/m1/s1. The SMILES string of the molecule is COC(=O)C1=C(C)N=c2s/c(=C/c3ccc(-c4cc(Cl)ccc4Cl)o3)c(=O)n2[C@@H]1c1cccs1. The van der Waals surface area contributed by atoms with Gasteiger partial charge in [-0.15, -0.1) is 11.3 Å². The van der Waals surface area contributed by atoms with Crippen LogP contribution in [0.3, 0.4) is 0 Å². The molecule has 0 unspecified atom stereocenters. The molecule has 0 saturated carbocycles. The highest BCUT2D eigenvalue weighted by molar-refractivity contribution is 7.10. The topological polar surface area (TPSA) is 73.8 Å². The third kappa shape index (κ3) is 3.96. The van der Waals surface area contributed by atoms with Crippen molar-refractivity contribution in [3.8, 4) is 11.3 Å². The number of furan rings is 1. The van der Waals surface area contributed by atoms with Crippen molar-refractivity contribution in [3.63, 3.8) is 0 Å². The van der Waals surface area contributed by atoms with Crippen LogP contribution in [-0.4, -0.2) is 17.6 Å². The van der Waals surface area contributed by atoms with Gasteiger partial charge in [-0.1, -0.05) is 40.6 Å². The maximum Gasteiger partial charge on any atom is 0.338 e. The van der Waals surface area contributed by atoms with E-state index in [2.05, 4.69) is 4.99 Å². The number of nitrogens with zero attached hydrogens (tertiary/aromatic N) is 2. The summed E-state index contributed by atoms with van der Waals surface area (Å²) in [6.45, 7) is 1.75. The predicted molar refractivity (Wildman–Crippen MR) is 134 cm³/mol.